The van der Waals surface area contributed by atoms with Crippen molar-refractivity contribution in [3.8, 4) is 5.75 Å². The first kappa shape index (κ1) is 35.6. The molecule has 6 atom stereocenters. The second-order valence-electron chi connectivity index (χ2n) is 13.6. The lowest BCUT2D eigenvalue weighted by molar-refractivity contribution is -0.140. The molecule has 0 bridgehead atoms. The van der Waals surface area contributed by atoms with Crippen LogP contribution in [0.15, 0.2) is 84.6 Å². The average molecular weight is 780 g/mol. The van der Waals surface area contributed by atoms with Gasteiger partial charge in [0.2, 0.25) is 11.8 Å². The standard InChI is InChI=1S/C38H27Cl2F3N4O7/c1-54-36(53)46-32(49)23-12-11-22-24(28(23)34(46)51)15-25-33(50)47(45-31-26(40)14-19(16-44-31)38(41,42)43)35(52)37(25,18-7-9-20(39)10-8-18)30(22)29-21-5-3-2-4-17(21)6-13-27(29)48/h2-11,13-14,16,23-25,28,30,48H,12,15H2,1H3,(H,44,45). The first-order valence-electron chi connectivity index (χ1n) is 16.7. The average Bonchev–Trinajstić information content (AvgIpc) is 3.53. The Morgan fingerprint density at radius 2 is 1.70 bits per heavy atom. The van der Waals surface area contributed by atoms with Crippen LogP contribution in [-0.4, -0.2) is 56.8 Å². The molecule has 0 spiro atoms. The van der Waals surface area contributed by atoms with Crippen molar-refractivity contribution in [2.24, 2.45) is 23.7 Å². The Kier molecular flexibility index (Phi) is 8.27. The number of carbonyl (C=O) groups excluding carboxylic acids is 5. The molecule has 3 fully saturated rings. The molecular formula is C38H27Cl2F3N4O7. The number of phenolic OH excluding ortho intramolecular Hbond substituents is 1. The van der Waals surface area contributed by atoms with Crippen LogP contribution in [0.2, 0.25) is 10.0 Å². The number of hydrogen-bond acceptors (Lipinski definition) is 9. The Hall–Kier alpha value is -5.47. The second kappa shape index (κ2) is 12.6. The predicted molar refractivity (Wildman–Crippen MR) is 187 cm³/mol. The van der Waals surface area contributed by atoms with Crippen molar-refractivity contribution in [1.82, 2.24) is 14.9 Å². The summed E-state index contributed by atoms with van der Waals surface area (Å²) < 4.78 is 45.2. The van der Waals surface area contributed by atoms with Gasteiger partial charge in [0.1, 0.15) is 5.75 Å². The highest BCUT2D eigenvalue weighted by atomic mass is 35.5. The smallest absolute Gasteiger partial charge is 0.423 e. The molecule has 4 aliphatic rings. The molecule has 5 amide bonds. The summed E-state index contributed by atoms with van der Waals surface area (Å²) in [6, 6.07) is 17.1. The van der Waals surface area contributed by atoms with Crippen LogP contribution in [0.4, 0.5) is 23.8 Å². The number of alkyl halides is 3. The fourth-order valence-electron chi connectivity index (χ4n) is 8.96. The van der Waals surface area contributed by atoms with Crippen LogP contribution in [0.1, 0.15) is 35.4 Å². The van der Waals surface area contributed by atoms with E-state index in [1.807, 2.05) is 0 Å². The maximum absolute atomic E-state index is 15.4. The van der Waals surface area contributed by atoms with Crippen molar-refractivity contribution >= 4 is 69.5 Å². The highest BCUT2D eigenvalue weighted by Gasteiger charge is 2.71. The number of fused-ring (bicyclic) bond motifs is 5. The predicted octanol–water partition coefficient (Wildman–Crippen LogP) is 7.02. The van der Waals surface area contributed by atoms with Gasteiger partial charge in [-0.2, -0.15) is 23.1 Å². The summed E-state index contributed by atoms with van der Waals surface area (Å²) in [7, 11) is 1.04. The molecular weight excluding hydrogens is 752 g/mol. The molecule has 8 rings (SSSR count). The number of aromatic hydroxyl groups is 1. The largest absolute Gasteiger partial charge is 0.508 e. The van der Waals surface area contributed by atoms with Crippen LogP contribution < -0.4 is 5.43 Å². The quantitative estimate of drug-likeness (QED) is 0.165. The Labute approximate surface area is 314 Å². The number of methoxy groups -OCH3 is 1. The van der Waals surface area contributed by atoms with Crippen molar-refractivity contribution in [3.05, 3.63) is 111 Å². The van der Waals surface area contributed by atoms with Gasteiger partial charge in [-0.3, -0.25) is 24.6 Å². The zero-order chi connectivity index (χ0) is 38.4. The number of rotatable bonds is 4. The molecule has 2 saturated heterocycles. The van der Waals surface area contributed by atoms with Gasteiger partial charge in [0, 0.05) is 22.7 Å². The number of likely N-dealkylation sites (tertiary alicyclic amines) is 1. The van der Waals surface area contributed by atoms with Crippen LogP contribution in [0.5, 0.6) is 5.75 Å². The lowest BCUT2D eigenvalue weighted by atomic mass is 9.48. The Morgan fingerprint density at radius 1 is 0.981 bits per heavy atom. The minimum absolute atomic E-state index is 0.00680. The number of allylic oxidation sites excluding steroid dienone is 2. The SMILES string of the molecule is COC(=O)N1C(=O)C2CC=C3C(CC4C(=O)N(Nc5ncc(C(F)(F)F)cc5Cl)C(=O)C4(c4ccc(Cl)cc4)C3c3c(O)ccc4ccccc34)C2C1=O. The van der Waals surface area contributed by atoms with Crippen LogP contribution in [0, 0.1) is 23.7 Å². The molecule has 2 aliphatic carbocycles. The number of ether oxygens (including phenoxy) is 1. The second-order valence-corrected chi connectivity index (χ2v) is 14.5. The van der Waals surface area contributed by atoms with E-state index in [1.165, 1.54) is 18.2 Å². The van der Waals surface area contributed by atoms with Crippen molar-refractivity contribution in [2.75, 3.05) is 12.5 Å². The normalized spacial score (nSPS) is 26.4. The van der Waals surface area contributed by atoms with Gasteiger partial charge in [-0.05, 0) is 59.4 Å². The summed E-state index contributed by atoms with van der Waals surface area (Å²) in [5.41, 5.74) is 0.598. The first-order chi connectivity index (χ1) is 25.7. The summed E-state index contributed by atoms with van der Waals surface area (Å²) in [6.07, 6.45) is -3.87. The summed E-state index contributed by atoms with van der Waals surface area (Å²) in [5, 5.41) is 13.5. The number of amides is 5. The van der Waals surface area contributed by atoms with Crippen molar-refractivity contribution < 1.29 is 47.0 Å². The van der Waals surface area contributed by atoms with Crippen molar-refractivity contribution in [2.45, 2.75) is 30.4 Å². The van der Waals surface area contributed by atoms with Gasteiger partial charge in [0.05, 0.1) is 40.9 Å². The van der Waals surface area contributed by atoms with Gasteiger partial charge in [0.15, 0.2) is 5.82 Å². The number of nitrogens with one attached hydrogen (secondary N) is 1. The van der Waals surface area contributed by atoms with E-state index in [0.717, 1.165) is 7.11 Å². The molecule has 11 nitrogen and oxygen atoms in total. The lowest BCUT2D eigenvalue weighted by Gasteiger charge is -2.51. The van der Waals surface area contributed by atoms with Crippen molar-refractivity contribution in [1.29, 1.82) is 0 Å². The zero-order valence-electron chi connectivity index (χ0n) is 27.9. The Morgan fingerprint density at radius 3 is 2.39 bits per heavy atom. The third-order valence-corrected chi connectivity index (χ3v) is 11.7. The van der Waals surface area contributed by atoms with E-state index in [9.17, 15) is 37.5 Å². The molecule has 2 N–H and O–H groups in total. The topological polar surface area (TPSA) is 146 Å². The fourth-order valence-corrected chi connectivity index (χ4v) is 9.29. The van der Waals surface area contributed by atoms with E-state index < -0.39 is 87.3 Å². The molecule has 54 heavy (non-hydrogen) atoms. The molecule has 4 aromatic rings. The maximum Gasteiger partial charge on any atom is 0.423 e. The number of nitrogens with zero attached hydrogens (tertiary/aromatic N) is 3. The Balaban J connectivity index is 1.38. The molecule has 3 heterocycles. The van der Waals surface area contributed by atoms with E-state index in [0.29, 0.717) is 49.1 Å². The summed E-state index contributed by atoms with van der Waals surface area (Å²) in [6.45, 7) is 0. The van der Waals surface area contributed by atoms with Gasteiger partial charge >= 0.3 is 12.3 Å². The maximum atomic E-state index is 15.4. The van der Waals surface area contributed by atoms with Crippen LogP contribution >= 0.6 is 23.2 Å². The number of hydrogen-bond donors (Lipinski definition) is 2. The highest BCUT2D eigenvalue weighted by molar-refractivity contribution is 6.33. The zero-order valence-corrected chi connectivity index (χ0v) is 29.4. The number of hydrazine groups is 1. The van der Waals surface area contributed by atoms with E-state index in [-0.39, 0.29) is 24.2 Å². The van der Waals surface area contributed by atoms with Gasteiger partial charge in [0.25, 0.3) is 11.8 Å². The molecule has 2 aliphatic heterocycles. The van der Waals surface area contributed by atoms with Crippen molar-refractivity contribution in [3.63, 3.8) is 0 Å². The number of phenols is 1. The van der Waals surface area contributed by atoms with Crippen LogP contribution in [0.3, 0.4) is 0 Å². The number of anilines is 1. The van der Waals surface area contributed by atoms with Crippen LogP contribution in [0.25, 0.3) is 10.8 Å². The summed E-state index contributed by atoms with van der Waals surface area (Å²) in [4.78, 5) is 74.7. The minimum atomic E-state index is -4.78. The molecule has 3 aromatic carbocycles. The molecule has 16 heteroatoms. The molecule has 1 aromatic heterocycles. The number of pyridine rings is 1. The van der Waals surface area contributed by atoms with Gasteiger partial charge in [-0.25, -0.2) is 9.78 Å². The molecule has 276 valence electrons. The number of halogens is 5. The van der Waals surface area contributed by atoms with Gasteiger partial charge < -0.3 is 9.84 Å². The van der Waals surface area contributed by atoms with E-state index in [2.05, 4.69) is 10.4 Å². The third-order valence-electron chi connectivity index (χ3n) is 11.2. The summed E-state index contributed by atoms with van der Waals surface area (Å²) >= 11 is 12.6. The number of aromatic nitrogens is 1. The van der Waals surface area contributed by atoms with E-state index >= 15 is 4.79 Å². The fraction of sp³-hybridized carbons (Fsp3) is 0.263. The van der Waals surface area contributed by atoms with Gasteiger partial charge in [-0.1, -0.05) is 77.3 Å². The first-order valence-corrected chi connectivity index (χ1v) is 17.5. The van der Waals surface area contributed by atoms with Gasteiger partial charge in [-0.15, -0.1) is 0 Å². The molecule has 0 radical (unpaired) electrons. The number of imide groups is 4. The highest BCUT2D eigenvalue weighted by Crippen LogP contribution is 2.65. The Bertz CT molecular complexity index is 2350. The van der Waals surface area contributed by atoms with Crippen LogP contribution in [-0.2, 0) is 35.5 Å². The lowest BCUT2D eigenvalue weighted by Crippen LogP contribution is -2.53. The number of carbonyl (C=O) groups is 5. The number of benzene rings is 3. The molecule has 6 unspecified atom stereocenters. The third kappa shape index (κ3) is 5.03. The summed E-state index contributed by atoms with van der Waals surface area (Å²) in [5.74, 6) is -9.39. The minimum Gasteiger partial charge on any atom is -0.508 e. The molecule has 1 saturated carbocycles. The van der Waals surface area contributed by atoms with E-state index in [1.54, 1.807) is 48.5 Å². The van der Waals surface area contributed by atoms with E-state index in [4.69, 9.17) is 27.9 Å². The monoisotopic (exact) mass is 778 g/mol.